The summed E-state index contributed by atoms with van der Waals surface area (Å²) < 4.78 is 18.1. The summed E-state index contributed by atoms with van der Waals surface area (Å²) in [6, 6.07) is 13.3. The summed E-state index contributed by atoms with van der Waals surface area (Å²) in [5, 5.41) is 17.1. The third-order valence-corrected chi connectivity index (χ3v) is 3.66. The predicted molar refractivity (Wildman–Crippen MR) is 95.9 cm³/mol. The Hall–Kier alpha value is -3.81. The van der Waals surface area contributed by atoms with Crippen LogP contribution in [0.1, 0.15) is 11.3 Å². The molecule has 3 rings (SSSR count). The molecule has 0 saturated heterocycles. The Labute approximate surface area is 153 Å². The van der Waals surface area contributed by atoms with E-state index in [9.17, 15) is 19.3 Å². The molecule has 27 heavy (non-hydrogen) atoms. The summed E-state index contributed by atoms with van der Waals surface area (Å²) in [7, 11) is 0. The molecule has 7 nitrogen and oxygen atoms in total. The summed E-state index contributed by atoms with van der Waals surface area (Å²) in [4.78, 5) is 22.0. The van der Waals surface area contributed by atoms with Crippen LogP contribution in [0, 0.1) is 15.9 Å². The molecule has 0 aliphatic heterocycles. The Morgan fingerprint density at radius 3 is 2.56 bits per heavy atom. The van der Waals surface area contributed by atoms with Crippen LogP contribution in [0.25, 0.3) is 17.4 Å². The lowest BCUT2D eigenvalue weighted by molar-refractivity contribution is -0.384. The lowest BCUT2D eigenvalue weighted by Crippen LogP contribution is -2.20. The molecule has 136 valence electrons. The number of hydrogen-bond acceptors (Lipinski definition) is 5. The fourth-order valence-corrected chi connectivity index (χ4v) is 2.26. The molecule has 0 aliphatic rings. The van der Waals surface area contributed by atoms with Gasteiger partial charge in [-0.2, -0.15) is 0 Å². The van der Waals surface area contributed by atoms with Crippen molar-refractivity contribution >= 4 is 17.7 Å². The van der Waals surface area contributed by atoms with Gasteiger partial charge in [-0.25, -0.2) is 4.39 Å². The van der Waals surface area contributed by atoms with Crippen molar-refractivity contribution in [1.29, 1.82) is 0 Å². The molecular formula is C19H14FN3O4. The number of nitro benzene ring substituents is 1. The molecule has 1 amide bonds. The fourth-order valence-electron chi connectivity index (χ4n) is 2.26. The van der Waals surface area contributed by atoms with Gasteiger partial charge >= 0.3 is 0 Å². The second kappa shape index (κ2) is 8.05. The first-order chi connectivity index (χ1) is 13.0. The maximum absolute atomic E-state index is 12.9. The number of hydrogen-bond donors (Lipinski definition) is 1. The van der Waals surface area contributed by atoms with Gasteiger partial charge in [0.25, 0.3) is 5.69 Å². The van der Waals surface area contributed by atoms with Gasteiger partial charge in [0.15, 0.2) is 5.76 Å². The number of amides is 1. The molecule has 0 aliphatic carbocycles. The van der Waals surface area contributed by atoms with E-state index in [4.69, 9.17) is 4.52 Å². The first-order valence-corrected chi connectivity index (χ1v) is 7.93. The molecule has 2 aromatic carbocycles. The van der Waals surface area contributed by atoms with Crippen LogP contribution in [0.2, 0.25) is 0 Å². The zero-order valence-electron chi connectivity index (χ0n) is 14.0. The highest BCUT2D eigenvalue weighted by Gasteiger charge is 2.08. The average Bonchev–Trinajstić information content (AvgIpc) is 3.14. The van der Waals surface area contributed by atoms with Crippen LogP contribution in [0.3, 0.4) is 0 Å². The quantitative estimate of drug-likeness (QED) is 0.407. The van der Waals surface area contributed by atoms with Gasteiger partial charge < -0.3 is 9.84 Å². The van der Waals surface area contributed by atoms with E-state index in [1.807, 2.05) is 0 Å². The summed E-state index contributed by atoms with van der Waals surface area (Å²) in [6.45, 7) is 0.161. The van der Waals surface area contributed by atoms with Crippen LogP contribution in [0.15, 0.2) is 65.2 Å². The van der Waals surface area contributed by atoms with Gasteiger partial charge in [0.05, 0.1) is 11.5 Å². The highest BCUT2D eigenvalue weighted by molar-refractivity contribution is 5.91. The van der Waals surface area contributed by atoms with Crippen LogP contribution < -0.4 is 5.32 Å². The van der Waals surface area contributed by atoms with Gasteiger partial charge in [0.2, 0.25) is 5.91 Å². The largest absolute Gasteiger partial charge is 0.356 e. The number of non-ortho nitro benzene ring substituents is 1. The molecule has 0 saturated carbocycles. The molecule has 0 unspecified atom stereocenters. The van der Waals surface area contributed by atoms with Crippen molar-refractivity contribution in [2.75, 3.05) is 0 Å². The second-order valence-corrected chi connectivity index (χ2v) is 5.59. The van der Waals surface area contributed by atoms with Crippen molar-refractivity contribution in [3.05, 3.63) is 87.9 Å². The molecule has 1 heterocycles. The number of halogens is 1. The number of carbonyl (C=O) groups is 1. The van der Waals surface area contributed by atoms with Gasteiger partial charge in [-0.1, -0.05) is 5.16 Å². The second-order valence-electron chi connectivity index (χ2n) is 5.59. The van der Waals surface area contributed by atoms with Crippen molar-refractivity contribution in [2.24, 2.45) is 0 Å². The maximum Gasteiger partial charge on any atom is 0.269 e. The number of nitrogens with zero attached hydrogens (tertiary/aromatic N) is 2. The average molecular weight is 367 g/mol. The number of nitro groups is 1. The zero-order valence-corrected chi connectivity index (χ0v) is 14.0. The predicted octanol–water partition coefficient (Wildman–Crippen LogP) is 3.72. The van der Waals surface area contributed by atoms with Crippen molar-refractivity contribution in [3.8, 4) is 11.3 Å². The lowest BCUT2D eigenvalue weighted by atomic mass is 10.1. The Balaban J connectivity index is 1.54. The number of benzene rings is 2. The molecule has 8 heteroatoms. The van der Waals surface area contributed by atoms with E-state index in [1.54, 1.807) is 36.4 Å². The molecule has 0 radical (unpaired) electrons. The minimum absolute atomic E-state index is 0.0143. The van der Waals surface area contributed by atoms with E-state index in [0.717, 1.165) is 0 Å². The molecule has 0 spiro atoms. The lowest BCUT2D eigenvalue weighted by Gasteiger charge is -1.98. The van der Waals surface area contributed by atoms with Crippen molar-refractivity contribution < 1.29 is 18.6 Å². The van der Waals surface area contributed by atoms with E-state index in [1.165, 1.54) is 30.3 Å². The number of aromatic nitrogens is 1. The normalized spacial score (nSPS) is 10.9. The molecule has 1 aromatic heterocycles. The molecule has 0 bridgehead atoms. The smallest absolute Gasteiger partial charge is 0.269 e. The van der Waals surface area contributed by atoms with Gasteiger partial charge in [-0.15, -0.1) is 0 Å². The van der Waals surface area contributed by atoms with E-state index >= 15 is 0 Å². The maximum atomic E-state index is 12.9. The third kappa shape index (κ3) is 4.85. The topological polar surface area (TPSA) is 98.3 Å². The van der Waals surface area contributed by atoms with E-state index < -0.39 is 4.92 Å². The fraction of sp³-hybridized carbons (Fsp3) is 0.0526. The number of rotatable bonds is 6. The standard InChI is InChI=1S/C19H14FN3O4/c20-15-6-4-14(5-7-15)18-11-16(22-27-18)12-21-19(24)10-3-13-1-8-17(9-2-13)23(25)26/h1-11H,12H2,(H,21,24)/b10-3-. The Morgan fingerprint density at radius 2 is 1.89 bits per heavy atom. The van der Waals surface area contributed by atoms with Crippen LogP contribution in [0.4, 0.5) is 10.1 Å². The van der Waals surface area contributed by atoms with Gasteiger partial charge in [-0.05, 0) is 48.0 Å². The van der Waals surface area contributed by atoms with E-state index in [2.05, 4.69) is 10.5 Å². The Kier molecular flexibility index (Phi) is 5.36. The third-order valence-electron chi connectivity index (χ3n) is 3.66. The van der Waals surface area contributed by atoms with Crippen LogP contribution >= 0.6 is 0 Å². The van der Waals surface area contributed by atoms with Gasteiger partial charge in [0, 0.05) is 29.8 Å². The highest BCUT2D eigenvalue weighted by atomic mass is 19.1. The first-order valence-electron chi connectivity index (χ1n) is 7.93. The summed E-state index contributed by atoms with van der Waals surface area (Å²) in [5.41, 5.74) is 1.85. The minimum atomic E-state index is -0.488. The molecule has 0 atom stereocenters. The number of carbonyl (C=O) groups excluding carboxylic acids is 1. The van der Waals surface area contributed by atoms with Crippen LogP contribution in [-0.4, -0.2) is 16.0 Å². The van der Waals surface area contributed by atoms with Crippen LogP contribution in [0.5, 0.6) is 0 Å². The molecular weight excluding hydrogens is 353 g/mol. The van der Waals surface area contributed by atoms with Crippen molar-refractivity contribution in [2.45, 2.75) is 6.54 Å². The highest BCUT2D eigenvalue weighted by Crippen LogP contribution is 2.20. The zero-order chi connectivity index (χ0) is 19.2. The Morgan fingerprint density at radius 1 is 1.19 bits per heavy atom. The minimum Gasteiger partial charge on any atom is -0.356 e. The van der Waals surface area contributed by atoms with Crippen molar-refractivity contribution in [3.63, 3.8) is 0 Å². The molecule has 1 N–H and O–H groups in total. The molecule has 3 aromatic rings. The van der Waals surface area contributed by atoms with Gasteiger partial charge in [0.1, 0.15) is 11.5 Å². The van der Waals surface area contributed by atoms with E-state index in [-0.39, 0.29) is 24.0 Å². The van der Waals surface area contributed by atoms with E-state index in [0.29, 0.717) is 22.6 Å². The Bertz CT molecular complexity index is 979. The number of nitrogens with one attached hydrogen (secondary N) is 1. The van der Waals surface area contributed by atoms with Crippen LogP contribution in [-0.2, 0) is 11.3 Å². The van der Waals surface area contributed by atoms with Crippen molar-refractivity contribution in [1.82, 2.24) is 10.5 Å². The summed E-state index contributed by atoms with van der Waals surface area (Å²) in [6.07, 6.45) is 2.87. The summed E-state index contributed by atoms with van der Waals surface area (Å²) in [5.74, 6) is -0.217. The summed E-state index contributed by atoms with van der Waals surface area (Å²) >= 11 is 0. The first kappa shape index (κ1) is 18.0. The molecule has 0 fully saturated rings. The van der Waals surface area contributed by atoms with Gasteiger partial charge in [-0.3, -0.25) is 14.9 Å². The SMILES string of the molecule is O=C(/C=C\c1ccc([N+](=O)[O-])cc1)NCc1cc(-c2ccc(F)cc2)on1. The monoisotopic (exact) mass is 367 g/mol.